The fraction of sp³-hybridized carbons (Fsp3) is 1.00. The topological polar surface area (TPSA) is 57.2 Å². The first kappa shape index (κ1) is 40.1. The van der Waals surface area contributed by atoms with Crippen LogP contribution in [-0.4, -0.2) is 78.1 Å². The third-order valence-electron chi connectivity index (χ3n) is 3.51. The molecule has 0 radical (unpaired) electrons. The second kappa shape index (κ2) is 10.3. The van der Waals surface area contributed by atoms with Gasteiger partial charge in [0.15, 0.2) is 0 Å². The molecule has 0 aliphatic carbocycles. The van der Waals surface area contributed by atoms with Crippen molar-refractivity contribution in [2.75, 3.05) is 0 Å². The van der Waals surface area contributed by atoms with E-state index in [1.54, 1.807) is 0 Å². The minimum Gasteiger partial charge on any atom is -0.329 e. The average Bonchev–Trinajstić information content (AvgIpc) is 2.61. The summed E-state index contributed by atoms with van der Waals surface area (Å²) in [4.78, 5) is 0. The Labute approximate surface area is 208 Å². The van der Waals surface area contributed by atoms with Crippen LogP contribution in [0.3, 0.4) is 0 Å². The highest BCUT2D eigenvalue weighted by Crippen LogP contribution is 2.57. The average molecular weight is 700 g/mol. The summed E-state index contributed by atoms with van der Waals surface area (Å²) in [6.07, 6.45) is -78.8. The lowest BCUT2D eigenvalue weighted by atomic mass is 10.1. The van der Waals surface area contributed by atoms with E-state index in [0.29, 0.717) is 0 Å². The summed E-state index contributed by atoms with van der Waals surface area (Å²) in [5, 5.41) is 7.48. The third-order valence-corrected chi connectivity index (χ3v) is 3.51. The van der Waals surface area contributed by atoms with Gasteiger partial charge in [0.1, 0.15) is 0 Å². The van der Waals surface area contributed by atoms with Crippen LogP contribution >= 0.6 is 0 Å². The number of ether oxygens (including phenoxy) is 4. The van der Waals surface area contributed by atoms with E-state index < -0.39 is 73.0 Å². The fourth-order valence-corrected chi connectivity index (χ4v) is 1.49. The monoisotopic (exact) mass is 700 g/mol. The van der Waals surface area contributed by atoms with Crippen molar-refractivity contribution < 1.29 is 134 Å². The molecule has 0 heterocycles. The maximum Gasteiger partial charge on any atom is 0.460 e. The number of aliphatic hydroxyl groups is 1. The first-order chi connectivity index (χ1) is 17.6. The van der Waals surface area contributed by atoms with Crippen molar-refractivity contribution in [2.24, 2.45) is 0 Å². The standard InChI is InChI=1S/C12HF25O5/c13-1(14,3(17,18)19)2(15,16)5(22,23)39-7(26,27)9(30,31)41-11(34,35)12(36,37)42-10(32,33)8(28,29)40-6(24,25)4(20,21)38/h38H. The quantitative estimate of drug-likeness (QED) is 0.194. The van der Waals surface area contributed by atoms with Gasteiger partial charge < -0.3 is 5.11 Å². The van der Waals surface area contributed by atoms with Gasteiger partial charge in [-0.15, -0.1) is 0 Å². The number of alkyl halides is 25. The Morgan fingerprint density at radius 3 is 0.643 bits per heavy atom. The SMILES string of the molecule is OC(F)(F)C(F)(F)OC(F)(F)C(F)(F)OC(F)(F)C(F)(F)OC(F)(F)C(F)(F)OC(F)(F)C(F)(F)C(F)(F)C(F)(F)F. The van der Waals surface area contributed by atoms with Gasteiger partial charge in [-0.1, -0.05) is 0 Å². The fourth-order valence-electron chi connectivity index (χ4n) is 1.49. The predicted octanol–water partition coefficient (Wildman–Crippen LogP) is 7.21. The molecule has 0 saturated carbocycles. The molecule has 0 fully saturated rings. The van der Waals surface area contributed by atoms with Crippen molar-refractivity contribution in [1.82, 2.24) is 0 Å². The lowest BCUT2D eigenvalue weighted by Gasteiger charge is -2.37. The van der Waals surface area contributed by atoms with Gasteiger partial charge in [-0.25, -0.2) is 18.9 Å². The summed E-state index contributed by atoms with van der Waals surface area (Å²) < 4.78 is 323. The zero-order valence-electron chi connectivity index (χ0n) is 17.5. The van der Waals surface area contributed by atoms with Gasteiger partial charge in [0.2, 0.25) is 0 Å². The van der Waals surface area contributed by atoms with Gasteiger partial charge in [-0.2, -0.15) is 110 Å². The molecule has 1 N–H and O–H groups in total. The lowest BCUT2D eigenvalue weighted by molar-refractivity contribution is -0.588. The van der Waals surface area contributed by atoms with E-state index in [1.165, 1.54) is 4.74 Å². The second-order valence-corrected chi connectivity index (χ2v) is 6.73. The van der Waals surface area contributed by atoms with Crippen molar-refractivity contribution in [3.63, 3.8) is 0 Å². The van der Waals surface area contributed by atoms with Crippen LogP contribution in [0.4, 0.5) is 110 Å². The molecule has 0 amide bonds. The predicted molar refractivity (Wildman–Crippen MR) is 67.0 cm³/mol. The molecule has 0 aromatic carbocycles. The smallest absolute Gasteiger partial charge is 0.329 e. The van der Waals surface area contributed by atoms with Crippen molar-refractivity contribution in [3.8, 4) is 0 Å². The highest BCUT2D eigenvalue weighted by Gasteiger charge is 2.86. The van der Waals surface area contributed by atoms with Crippen molar-refractivity contribution in [2.45, 2.75) is 73.0 Å². The summed E-state index contributed by atoms with van der Waals surface area (Å²) in [7, 11) is 0. The molecule has 5 nitrogen and oxygen atoms in total. The van der Waals surface area contributed by atoms with Gasteiger partial charge in [0, 0.05) is 0 Å². The summed E-state index contributed by atoms with van der Waals surface area (Å²) in [5.41, 5.74) is 0. The highest BCUT2D eigenvalue weighted by molar-refractivity contribution is 4.97. The normalized spacial score (nSPS) is 16.7. The molecule has 30 heteroatoms. The van der Waals surface area contributed by atoms with Crippen LogP contribution in [0.1, 0.15) is 0 Å². The molecule has 0 spiro atoms. The van der Waals surface area contributed by atoms with Gasteiger partial charge in [-0.05, 0) is 0 Å². The Morgan fingerprint density at radius 1 is 0.262 bits per heavy atom. The first-order valence-electron chi connectivity index (χ1n) is 8.33. The van der Waals surface area contributed by atoms with Gasteiger partial charge in [0.05, 0.1) is 0 Å². The Balaban J connectivity index is 6.28. The van der Waals surface area contributed by atoms with Gasteiger partial charge in [0.25, 0.3) is 0 Å². The molecule has 0 atom stereocenters. The maximum atomic E-state index is 13.2. The number of halogens is 25. The molecule has 0 aliphatic rings. The van der Waals surface area contributed by atoms with Crippen LogP contribution in [-0.2, 0) is 18.9 Å². The van der Waals surface area contributed by atoms with Gasteiger partial charge in [-0.3, -0.25) is 0 Å². The second-order valence-electron chi connectivity index (χ2n) is 6.73. The van der Waals surface area contributed by atoms with Crippen LogP contribution in [0, 0.1) is 0 Å². The summed E-state index contributed by atoms with van der Waals surface area (Å²) >= 11 is 0. The minimum absolute atomic E-state index is 0.980. The number of hydrogen-bond acceptors (Lipinski definition) is 5. The van der Waals surface area contributed by atoms with E-state index >= 15 is 0 Å². The van der Waals surface area contributed by atoms with E-state index in [4.69, 9.17) is 5.11 Å². The molecular formula is C12HF25O5. The zero-order valence-corrected chi connectivity index (χ0v) is 17.5. The van der Waals surface area contributed by atoms with Crippen LogP contribution in [0.15, 0.2) is 0 Å². The molecule has 0 bridgehead atoms. The number of rotatable bonds is 14. The van der Waals surface area contributed by atoms with Crippen molar-refractivity contribution in [1.29, 1.82) is 0 Å². The molecule has 254 valence electrons. The molecule has 0 aliphatic heterocycles. The van der Waals surface area contributed by atoms with E-state index in [2.05, 4.69) is 0 Å². The Kier molecular flexibility index (Phi) is 9.83. The Bertz CT molecular complexity index is 946. The summed E-state index contributed by atoms with van der Waals surface area (Å²) in [6, 6.07) is 0. The van der Waals surface area contributed by atoms with Gasteiger partial charge >= 0.3 is 73.0 Å². The summed E-state index contributed by atoms with van der Waals surface area (Å²) in [5.74, 6) is -16.6. The molecule has 0 saturated heterocycles. The van der Waals surface area contributed by atoms with E-state index in [-0.39, 0.29) is 0 Å². The maximum absolute atomic E-state index is 13.2. The molecule has 0 aromatic heterocycles. The molecule has 0 aromatic rings. The zero-order chi connectivity index (χ0) is 34.8. The molecular weight excluding hydrogens is 699 g/mol. The molecule has 0 rings (SSSR count). The van der Waals surface area contributed by atoms with E-state index in [9.17, 15) is 110 Å². The summed E-state index contributed by atoms with van der Waals surface area (Å²) in [6.45, 7) is 0. The Hall–Kier alpha value is -1.95. The molecule has 42 heavy (non-hydrogen) atoms. The van der Waals surface area contributed by atoms with E-state index in [0.717, 1.165) is 14.2 Å². The molecule has 0 unspecified atom stereocenters. The van der Waals surface area contributed by atoms with Crippen LogP contribution in [0.2, 0.25) is 0 Å². The lowest BCUT2D eigenvalue weighted by Crippen LogP contribution is -2.65. The van der Waals surface area contributed by atoms with E-state index in [1.807, 2.05) is 0 Å². The largest absolute Gasteiger partial charge is 0.460 e. The van der Waals surface area contributed by atoms with Crippen LogP contribution < -0.4 is 0 Å². The minimum atomic E-state index is -8.39. The first-order valence-corrected chi connectivity index (χ1v) is 8.33. The third kappa shape index (κ3) is 7.22. The highest BCUT2D eigenvalue weighted by atomic mass is 19.4. The van der Waals surface area contributed by atoms with Crippen LogP contribution in [0.5, 0.6) is 0 Å². The van der Waals surface area contributed by atoms with Crippen LogP contribution in [0.25, 0.3) is 0 Å². The Morgan fingerprint density at radius 2 is 0.452 bits per heavy atom. The van der Waals surface area contributed by atoms with Crippen molar-refractivity contribution >= 4 is 0 Å². The van der Waals surface area contributed by atoms with Crippen molar-refractivity contribution in [3.05, 3.63) is 0 Å². The number of hydrogen-bond donors (Lipinski definition) is 1.